The molecule has 120 valence electrons. The van der Waals surface area contributed by atoms with Gasteiger partial charge in [-0.3, -0.25) is 9.69 Å². The molecule has 2 aromatic carbocycles. The number of benzene rings is 2. The quantitative estimate of drug-likeness (QED) is 0.924. The lowest BCUT2D eigenvalue weighted by Gasteiger charge is -2.36. The molecule has 1 fully saturated rings. The van der Waals surface area contributed by atoms with Gasteiger partial charge in [0.15, 0.2) is 0 Å². The van der Waals surface area contributed by atoms with Gasteiger partial charge in [-0.05, 0) is 30.5 Å². The van der Waals surface area contributed by atoms with Crippen molar-refractivity contribution < 1.29 is 9.53 Å². The van der Waals surface area contributed by atoms with Gasteiger partial charge in [-0.25, -0.2) is 0 Å². The largest absolute Gasteiger partial charge is 0.490 e. The second kappa shape index (κ2) is 7.29. The molecule has 1 saturated heterocycles. The fourth-order valence-corrected chi connectivity index (χ4v) is 3.13. The van der Waals surface area contributed by atoms with Gasteiger partial charge in [0.05, 0.1) is 0 Å². The number of hydrogen-bond acceptors (Lipinski definition) is 3. The highest BCUT2D eigenvalue weighted by molar-refractivity contribution is 5.81. The first-order valence-corrected chi connectivity index (χ1v) is 8.04. The van der Waals surface area contributed by atoms with Gasteiger partial charge in [0.2, 0.25) is 5.91 Å². The first-order chi connectivity index (χ1) is 11.2. The van der Waals surface area contributed by atoms with Crippen LogP contribution in [0.1, 0.15) is 24.4 Å². The zero-order valence-corrected chi connectivity index (χ0v) is 13.1. The molecule has 0 bridgehead atoms. The molecule has 1 unspecified atom stereocenters. The summed E-state index contributed by atoms with van der Waals surface area (Å²) in [6, 6.07) is 19.3. The van der Waals surface area contributed by atoms with Gasteiger partial charge in [-0.15, -0.1) is 0 Å². The van der Waals surface area contributed by atoms with E-state index < -0.39 is 0 Å². The van der Waals surface area contributed by atoms with E-state index in [9.17, 15) is 4.79 Å². The summed E-state index contributed by atoms with van der Waals surface area (Å²) in [4.78, 5) is 14.1. The average Bonchev–Trinajstić information content (AvgIpc) is 2.58. The second-order valence-electron chi connectivity index (χ2n) is 5.88. The molecule has 3 rings (SSSR count). The summed E-state index contributed by atoms with van der Waals surface area (Å²) in [6.07, 6.45) is 1.98. The normalized spacial score (nSPS) is 17.6. The number of amides is 1. The summed E-state index contributed by atoms with van der Waals surface area (Å²) >= 11 is 0. The predicted molar refractivity (Wildman–Crippen MR) is 90.0 cm³/mol. The van der Waals surface area contributed by atoms with E-state index in [1.54, 1.807) is 0 Å². The Labute approximate surface area is 136 Å². The summed E-state index contributed by atoms with van der Waals surface area (Å²) in [7, 11) is 0. The minimum atomic E-state index is -0.353. The molecule has 4 nitrogen and oxygen atoms in total. The minimum Gasteiger partial charge on any atom is -0.490 e. The zero-order chi connectivity index (χ0) is 16.1. The summed E-state index contributed by atoms with van der Waals surface area (Å²) in [5.41, 5.74) is 6.61. The number of para-hydroxylation sites is 1. The number of rotatable bonds is 5. The van der Waals surface area contributed by atoms with Crippen molar-refractivity contribution in [3.05, 3.63) is 66.2 Å². The van der Waals surface area contributed by atoms with Gasteiger partial charge in [-0.1, -0.05) is 48.5 Å². The molecule has 1 aliphatic heterocycles. The van der Waals surface area contributed by atoms with Crippen molar-refractivity contribution in [3.8, 4) is 5.75 Å². The third-order valence-electron chi connectivity index (χ3n) is 4.27. The molecule has 0 radical (unpaired) electrons. The maximum Gasteiger partial charge on any atom is 0.239 e. The van der Waals surface area contributed by atoms with Crippen LogP contribution in [0.3, 0.4) is 0 Å². The van der Waals surface area contributed by atoms with Gasteiger partial charge < -0.3 is 10.5 Å². The number of piperidine rings is 1. The first kappa shape index (κ1) is 15.6. The highest BCUT2D eigenvalue weighted by atomic mass is 16.5. The monoisotopic (exact) mass is 310 g/mol. The lowest BCUT2D eigenvalue weighted by Crippen LogP contribution is -2.44. The molecule has 4 heteroatoms. The van der Waals surface area contributed by atoms with Crippen LogP contribution in [-0.2, 0) is 4.79 Å². The molecule has 0 spiro atoms. The van der Waals surface area contributed by atoms with Crippen molar-refractivity contribution in [1.29, 1.82) is 0 Å². The Morgan fingerprint density at radius 2 is 1.57 bits per heavy atom. The molecule has 2 aromatic rings. The molecular formula is C19H22N2O2. The molecule has 0 aromatic heterocycles. The maximum atomic E-state index is 11.9. The molecule has 1 atom stereocenters. The van der Waals surface area contributed by atoms with Crippen LogP contribution in [0.2, 0.25) is 0 Å². The number of nitrogens with two attached hydrogens (primary N) is 1. The number of hydrogen-bond donors (Lipinski definition) is 1. The van der Waals surface area contributed by atoms with Crippen LogP contribution in [-0.4, -0.2) is 30.0 Å². The van der Waals surface area contributed by atoms with E-state index in [1.807, 2.05) is 60.7 Å². The number of carbonyl (C=O) groups excluding carboxylic acids is 1. The van der Waals surface area contributed by atoms with Crippen LogP contribution in [0.15, 0.2) is 60.7 Å². The molecule has 0 aliphatic carbocycles. The first-order valence-electron chi connectivity index (χ1n) is 8.04. The van der Waals surface area contributed by atoms with Crippen molar-refractivity contribution >= 4 is 5.91 Å². The summed E-state index contributed by atoms with van der Waals surface area (Å²) < 4.78 is 6.01. The number of carbonyl (C=O) groups is 1. The van der Waals surface area contributed by atoms with E-state index in [-0.39, 0.29) is 18.1 Å². The smallest absolute Gasteiger partial charge is 0.239 e. The van der Waals surface area contributed by atoms with E-state index in [2.05, 4.69) is 4.90 Å². The van der Waals surface area contributed by atoms with E-state index in [4.69, 9.17) is 10.5 Å². The number of primary amides is 1. The van der Waals surface area contributed by atoms with E-state index >= 15 is 0 Å². The summed E-state index contributed by atoms with van der Waals surface area (Å²) in [5, 5.41) is 0. The Morgan fingerprint density at radius 3 is 2.13 bits per heavy atom. The van der Waals surface area contributed by atoms with Gasteiger partial charge in [0, 0.05) is 13.1 Å². The van der Waals surface area contributed by atoms with Crippen molar-refractivity contribution in [1.82, 2.24) is 4.90 Å². The zero-order valence-electron chi connectivity index (χ0n) is 13.1. The van der Waals surface area contributed by atoms with Gasteiger partial charge in [-0.2, -0.15) is 0 Å². The highest BCUT2D eigenvalue weighted by Gasteiger charge is 2.30. The Kier molecular flexibility index (Phi) is 4.93. The number of likely N-dealkylation sites (tertiary alicyclic amines) is 1. The van der Waals surface area contributed by atoms with Crippen molar-refractivity contribution in [3.63, 3.8) is 0 Å². The van der Waals surface area contributed by atoms with Crippen LogP contribution in [0.5, 0.6) is 5.75 Å². The Bertz CT molecular complexity index is 622. The Morgan fingerprint density at radius 1 is 1.00 bits per heavy atom. The number of nitrogens with zero attached hydrogens (tertiary/aromatic N) is 1. The van der Waals surface area contributed by atoms with E-state index in [0.29, 0.717) is 0 Å². The standard InChI is InChI=1S/C19H22N2O2/c20-19(22)18(15-7-3-1-4-8-15)21-13-11-17(12-14-21)23-16-9-5-2-6-10-16/h1-10,17-18H,11-14H2,(H2,20,22). The molecule has 23 heavy (non-hydrogen) atoms. The minimum absolute atomic E-state index is 0.193. The maximum absolute atomic E-state index is 11.9. The van der Waals surface area contributed by atoms with E-state index in [1.165, 1.54) is 0 Å². The summed E-state index contributed by atoms with van der Waals surface area (Å²) in [5.74, 6) is 0.610. The Balaban J connectivity index is 1.62. The van der Waals surface area contributed by atoms with Crippen molar-refractivity contribution in [2.24, 2.45) is 5.73 Å². The van der Waals surface area contributed by atoms with Crippen LogP contribution < -0.4 is 10.5 Å². The third kappa shape index (κ3) is 3.90. The van der Waals surface area contributed by atoms with Crippen molar-refractivity contribution in [2.45, 2.75) is 25.0 Å². The van der Waals surface area contributed by atoms with Crippen molar-refractivity contribution in [2.75, 3.05) is 13.1 Å². The fourth-order valence-electron chi connectivity index (χ4n) is 3.13. The topological polar surface area (TPSA) is 55.6 Å². The van der Waals surface area contributed by atoms with Crippen LogP contribution in [0.25, 0.3) is 0 Å². The lowest BCUT2D eigenvalue weighted by atomic mass is 10.00. The van der Waals surface area contributed by atoms with Crippen LogP contribution in [0, 0.1) is 0 Å². The number of ether oxygens (including phenoxy) is 1. The molecule has 1 amide bonds. The SMILES string of the molecule is NC(=O)C(c1ccccc1)N1CCC(Oc2ccccc2)CC1. The molecule has 1 aliphatic rings. The predicted octanol–water partition coefficient (Wildman–Crippen LogP) is 2.76. The molecule has 1 heterocycles. The van der Waals surface area contributed by atoms with Gasteiger partial charge in [0.1, 0.15) is 17.9 Å². The molecule has 0 saturated carbocycles. The lowest BCUT2D eigenvalue weighted by molar-refractivity contribution is -0.124. The second-order valence-corrected chi connectivity index (χ2v) is 5.88. The molecular weight excluding hydrogens is 288 g/mol. The van der Waals surface area contributed by atoms with Gasteiger partial charge in [0.25, 0.3) is 0 Å². The van der Waals surface area contributed by atoms with Crippen LogP contribution >= 0.6 is 0 Å². The highest BCUT2D eigenvalue weighted by Crippen LogP contribution is 2.26. The third-order valence-corrected chi connectivity index (χ3v) is 4.27. The average molecular weight is 310 g/mol. The van der Waals surface area contributed by atoms with E-state index in [0.717, 1.165) is 37.2 Å². The van der Waals surface area contributed by atoms with Crippen LogP contribution in [0.4, 0.5) is 0 Å². The molecule has 2 N–H and O–H groups in total. The van der Waals surface area contributed by atoms with Gasteiger partial charge >= 0.3 is 0 Å². The Hall–Kier alpha value is -2.33. The summed E-state index contributed by atoms with van der Waals surface area (Å²) in [6.45, 7) is 1.61. The fraction of sp³-hybridized carbons (Fsp3) is 0.316.